The molecule has 1 aliphatic rings. The Morgan fingerprint density at radius 2 is 1.89 bits per heavy atom. The minimum atomic E-state index is 0.400. The van der Waals surface area contributed by atoms with Crippen molar-refractivity contribution in [3.8, 4) is 0 Å². The van der Waals surface area contributed by atoms with Gasteiger partial charge in [-0.2, -0.15) is 5.10 Å². The molecule has 0 aromatic carbocycles. The minimum absolute atomic E-state index is 0.400. The second-order valence-electron chi connectivity index (χ2n) is 6.78. The van der Waals surface area contributed by atoms with Crippen LogP contribution in [-0.4, -0.2) is 27.4 Å². The van der Waals surface area contributed by atoms with Crippen LogP contribution in [0, 0.1) is 16.7 Å². The Hall–Kier alpha value is -0.900. The highest BCUT2D eigenvalue weighted by molar-refractivity contribution is 5.17. The number of aryl methyl sites for hydroxylation is 1. The Kier molecular flexibility index (Phi) is 3.74. The predicted octanol–water partition coefficient (Wildman–Crippen LogP) is 2.50. The lowest BCUT2D eigenvalue weighted by Crippen LogP contribution is -2.36. The van der Waals surface area contributed by atoms with Gasteiger partial charge in [0.1, 0.15) is 12.2 Å². The summed E-state index contributed by atoms with van der Waals surface area (Å²) in [5.41, 5.74) is 0.799. The van der Waals surface area contributed by atoms with E-state index in [-0.39, 0.29) is 0 Å². The Balaban J connectivity index is 2.15. The van der Waals surface area contributed by atoms with Gasteiger partial charge in [-0.15, -0.1) is 0 Å². The fourth-order valence-corrected chi connectivity index (χ4v) is 3.73. The highest BCUT2D eigenvalue weighted by Gasteiger charge is 2.66. The van der Waals surface area contributed by atoms with Crippen molar-refractivity contribution in [2.75, 3.05) is 6.54 Å². The van der Waals surface area contributed by atoms with E-state index in [2.05, 4.69) is 56.9 Å². The third-order valence-corrected chi connectivity index (χ3v) is 5.40. The van der Waals surface area contributed by atoms with Crippen molar-refractivity contribution in [1.29, 1.82) is 0 Å². The maximum Gasteiger partial charge on any atom is 0.138 e. The summed E-state index contributed by atoms with van der Waals surface area (Å²) >= 11 is 0. The number of hydrogen-bond acceptors (Lipinski definition) is 3. The molecule has 0 amide bonds. The van der Waals surface area contributed by atoms with Gasteiger partial charge in [-0.25, -0.2) is 4.98 Å². The summed E-state index contributed by atoms with van der Waals surface area (Å²) in [4.78, 5) is 4.43. The average Bonchev–Trinajstić information content (AvgIpc) is 2.68. The Labute approximate surface area is 117 Å². The van der Waals surface area contributed by atoms with Crippen molar-refractivity contribution in [2.24, 2.45) is 16.7 Å². The Morgan fingerprint density at radius 3 is 2.37 bits per heavy atom. The topological polar surface area (TPSA) is 42.7 Å². The molecule has 1 aliphatic carbocycles. The van der Waals surface area contributed by atoms with Gasteiger partial charge in [-0.05, 0) is 30.2 Å². The van der Waals surface area contributed by atoms with Crippen molar-refractivity contribution in [1.82, 2.24) is 20.1 Å². The highest BCUT2D eigenvalue weighted by atomic mass is 15.3. The maximum absolute atomic E-state index is 4.43. The molecule has 0 saturated heterocycles. The number of aromatic nitrogens is 3. The first-order valence-corrected chi connectivity index (χ1v) is 7.46. The van der Waals surface area contributed by atoms with Crippen molar-refractivity contribution in [3.05, 3.63) is 12.2 Å². The normalized spacial score (nSPS) is 22.4. The maximum atomic E-state index is 4.43. The molecule has 19 heavy (non-hydrogen) atoms. The summed E-state index contributed by atoms with van der Waals surface area (Å²) in [6.45, 7) is 15.7. The summed E-state index contributed by atoms with van der Waals surface area (Å²) in [5, 5.41) is 7.94. The molecular formula is C15H28N4. The highest BCUT2D eigenvalue weighted by Crippen LogP contribution is 2.69. The van der Waals surface area contributed by atoms with E-state index in [9.17, 15) is 0 Å². The molecule has 108 valence electrons. The van der Waals surface area contributed by atoms with E-state index in [0.717, 1.165) is 25.3 Å². The van der Waals surface area contributed by atoms with E-state index >= 15 is 0 Å². The van der Waals surface area contributed by atoms with Crippen LogP contribution in [-0.2, 0) is 13.0 Å². The van der Waals surface area contributed by atoms with Crippen molar-refractivity contribution >= 4 is 0 Å². The molecular weight excluding hydrogens is 236 g/mol. The van der Waals surface area contributed by atoms with Crippen LogP contribution in [0.3, 0.4) is 0 Å². The first kappa shape index (κ1) is 14.5. The molecule has 0 bridgehead atoms. The fraction of sp³-hybridized carbons (Fsp3) is 0.867. The van der Waals surface area contributed by atoms with Crippen molar-refractivity contribution in [2.45, 2.75) is 60.5 Å². The van der Waals surface area contributed by atoms with Crippen LogP contribution in [0.25, 0.3) is 0 Å². The smallest absolute Gasteiger partial charge is 0.138 e. The summed E-state index contributed by atoms with van der Waals surface area (Å²) in [6.07, 6.45) is 2.64. The van der Waals surface area contributed by atoms with Gasteiger partial charge in [0.2, 0.25) is 0 Å². The fourth-order valence-electron chi connectivity index (χ4n) is 3.73. The quantitative estimate of drug-likeness (QED) is 0.858. The largest absolute Gasteiger partial charge is 0.313 e. The van der Waals surface area contributed by atoms with Gasteiger partial charge < -0.3 is 5.32 Å². The van der Waals surface area contributed by atoms with Crippen LogP contribution in [0.4, 0.5) is 0 Å². The third-order valence-electron chi connectivity index (χ3n) is 5.40. The summed E-state index contributed by atoms with van der Waals surface area (Å²) in [7, 11) is 0. The van der Waals surface area contributed by atoms with E-state index in [1.165, 1.54) is 0 Å². The minimum Gasteiger partial charge on any atom is -0.313 e. The van der Waals surface area contributed by atoms with E-state index in [1.807, 2.05) is 4.68 Å². The van der Waals surface area contributed by atoms with Crippen molar-refractivity contribution in [3.63, 3.8) is 0 Å². The van der Waals surface area contributed by atoms with E-state index in [1.54, 1.807) is 6.33 Å². The lowest BCUT2D eigenvalue weighted by molar-refractivity contribution is 0.390. The van der Waals surface area contributed by atoms with Gasteiger partial charge in [0.05, 0.1) is 0 Å². The van der Waals surface area contributed by atoms with Crippen LogP contribution in [0.1, 0.15) is 47.4 Å². The van der Waals surface area contributed by atoms with Crippen LogP contribution >= 0.6 is 0 Å². The van der Waals surface area contributed by atoms with Crippen LogP contribution in [0.5, 0.6) is 0 Å². The molecule has 0 aliphatic heterocycles. The molecule has 4 nitrogen and oxygen atoms in total. The van der Waals surface area contributed by atoms with Gasteiger partial charge in [0.25, 0.3) is 0 Å². The SMILES string of the molecule is CCNC(Cc1ncnn1CC)C1C(C)(C)C1(C)C. The first-order valence-electron chi connectivity index (χ1n) is 7.46. The molecule has 1 saturated carbocycles. The molecule has 1 unspecified atom stereocenters. The molecule has 1 N–H and O–H groups in total. The zero-order valence-electron chi connectivity index (χ0n) is 13.2. The first-order chi connectivity index (χ1) is 8.86. The van der Waals surface area contributed by atoms with Gasteiger partial charge in [-0.3, -0.25) is 4.68 Å². The summed E-state index contributed by atoms with van der Waals surface area (Å²) in [5.74, 6) is 1.80. The number of hydrogen-bond donors (Lipinski definition) is 1. The Bertz CT molecular complexity index is 419. The van der Waals surface area contributed by atoms with Crippen LogP contribution in [0.15, 0.2) is 6.33 Å². The molecule has 0 radical (unpaired) electrons. The van der Waals surface area contributed by atoms with E-state index < -0.39 is 0 Å². The van der Waals surface area contributed by atoms with Crippen LogP contribution in [0.2, 0.25) is 0 Å². The summed E-state index contributed by atoms with van der Waals surface area (Å²) < 4.78 is 2.01. The second kappa shape index (κ2) is 4.89. The van der Waals surface area contributed by atoms with Gasteiger partial charge in [0.15, 0.2) is 0 Å². The van der Waals surface area contributed by atoms with E-state index in [0.29, 0.717) is 22.8 Å². The average molecular weight is 264 g/mol. The number of likely N-dealkylation sites (N-methyl/N-ethyl adjacent to an activating group) is 1. The van der Waals surface area contributed by atoms with Crippen molar-refractivity contribution < 1.29 is 0 Å². The lowest BCUT2D eigenvalue weighted by Gasteiger charge is -2.20. The zero-order chi connectivity index (χ0) is 14.3. The monoisotopic (exact) mass is 264 g/mol. The standard InChI is InChI=1S/C15H28N4/c1-7-16-11(13-14(3,4)15(13,5)6)9-12-17-10-18-19(12)8-2/h10-11,13,16H,7-9H2,1-6H3. The molecule has 0 spiro atoms. The number of nitrogens with one attached hydrogen (secondary N) is 1. The zero-order valence-corrected chi connectivity index (χ0v) is 13.2. The Morgan fingerprint density at radius 1 is 1.26 bits per heavy atom. The van der Waals surface area contributed by atoms with Gasteiger partial charge in [-0.1, -0.05) is 34.6 Å². The molecule has 4 heteroatoms. The molecule has 1 atom stereocenters. The number of rotatable bonds is 6. The summed E-state index contributed by atoms with van der Waals surface area (Å²) in [6, 6.07) is 0.490. The lowest BCUT2D eigenvalue weighted by atomic mass is 10.0. The van der Waals surface area contributed by atoms with E-state index in [4.69, 9.17) is 0 Å². The van der Waals surface area contributed by atoms with Crippen LogP contribution < -0.4 is 5.32 Å². The molecule has 2 rings (SSSR count). The van der Waals surface area contributed by atoms with Gasteiger partial charge in [0, 0.05) is 19.0 Å². The predicted molar refractivity (Wildman–Crippen MR) is 77.9 cm³/mol. The second-order valence-corrected chi connectivity index (χ2v) is 6.78. The third kappa shape index (κ3) is 2.31. The number of nitrogens with zero attached hydrogens (tertiary/aromatic N) is 3. The molecule has 1 aromatic heterocycles. The molecule has 1 heterocycles. The van der Waals surface area contributed by atoms with Gasteiger partial charge >= 0.3 is 0 Å². The molecule has 1 aromatic rings. The molecule has 1 fully saturated rings.